The van der Waals surface area contributed by atoms with Gasteiger partial charge in [0.2, 0.25) is 11.8 Å². The Morgan fingerprint density at radius 3 is 2.44 bits per heavy atom. The van der Waals surface area contributed by atoms with E-state index < -0.39 is 11.4 Å². The van der Waals surface area contributed by atoms with Crippen LogP contribution in [0.3, 0.4) is 0 Å². The van der Waals surface area contributed by atoms with Crippen LogP contribution in [0.2, 0.25) is 0 Å². The van der Waals surface area contributed by atoms with E-state index in [0.717, 1.165) is 5.56 Å². The van der Waals surface area contributed by atoms with Gasteiger partial charge in [0.05, 0.1) is 18.0 Å². The van der Waals surface area contributed by atoms with E-state index in [1.807, 2.05) is 6.92 Å². The number of carbonyl (C=O) groups is 3. The molecule has 2 amide bonds. The first kappa shape index (κ1) is 18.7. The second-order valence-electron chi connectivity index (χ2n) is 6.37. The van der Waals surface area contributed by atoms with Crippen molar-refractivity contribution in [2.24, 2.45) is 5.41 Å². The van der Waals surface area contributed by atoms with E-state index in [2.05, 4.69) is 0 Å². The van der Waals surface area contributed by atoms with Crippen LogP contribution in [0.4, 0.5) is 11.4 Å². The molecular formula is C19H24N2O4. The lowest BCUT2D eigenvalue weighted by atomic mass is 9.90. The zero-order chi connectivity index (χ0) is 18.8. The van der Waals surface area contributed by atoms with Gasteiger partial charge in [0, 0.05) is 19.7 Å². The first-order chi connectivity index (χ1) is 11.7. The molecule has 1 aromatic rings. The molecule has 0 saturated carbocycles. The van der Waals surface area contributed by atoms with Crippen LogP contribution in [-0.4, -0.2) is 38.0 Å². The molecule has 0 aromatic heterocycles. The lowest BCUT2D eigenvalue weighted by Gasteiger charge is -2.27. The van der Waals surface area contributed by atoms with Crippen molar-refractivity contribution in [2.45, 2.75) is 27.7 Å². The number of hydrogen-bond acceptors (Lipinski definition) is 4. The van der Waals surface area contributed by atoms with Gasteiger partial charge >= 0.3 is 5.97 Å². The SMILES string of the molecule is CCOC(=O)C=Cc1ccc2c(c1)N(C)C(=O)C(C)(C)C(=O)N2CC. The van der Waals surface area contributed by atoms with E-state index in [1.54, 1.807) is 57.0 Å². The van der Waals surface area contributed by atoms with Crippen LogP contribution in [0.25, 0.3) is 6.08 Å². The van der Waals surface area contributed by atoms with Gasteiger partial charge in [-0.1, -0.05) is 6.07 Å². The molecule has 0 radical (unpaired) electrons. The number of benzene rings is 1. The maximum absolute atomic E-state index is 12.8. The minimum Gasteiger partial charge on any atom is -0.463 e. The van der Waals surface area contributed by atoms with Gasteiger partial charge in [-0.2, -0.15) is 0 Å². The highest BCUT2D eigenvalue weighted by Crippen LogP contribution is 2.38. The molecule has 1 aliphatic heterocycles. The normalized spacial score (nSPS) is 16.8. The van der Waals surface area contributed by atoms with E-state index in [-0.39, 0.29) is 11.8 Å². The predicted octanol–water partition coefficient (Wildman–Crippen LogP) is 2.62. The molecule has 2 rings (SSSR count). The van der Waals surface area contributed by atoms with Gasteiger partial charge in [0.1, 0.15) is 5.41 Å². The topological polar surface area (TPSA) is 66.9 Å². The number of ether oxygens (including phenoxy) is 1. The van der Waals surface area contributed by atoms with Crippen molar-refractivity contribution in [3.05, 3.63) is 29.8 Å². The van der Waals surface area contributed by atoms with Gasteiger partial charge < -0.3 is 14.5 Å². The zero-order valence-corrected chi connectivity index (χ0v) is 15.3. The minimum atomic E-state index is -1.13. The van der Waals surface area contributed by atoms with Crippen LogP contribution in [-0.2, 0) is 19.1 Å². The Balaban J connectivity index is 2.50. The Morgan fingerprint density at radius 1 is 1.16 bits per heavy atom. The van der Waals surface area contributed by atoms with Crippen LogP contribution in [0, 0.1) is 5.41 Å². The monoisotopic (exact) mass is 344 g/mol. The van der Waals surface area contributed by atoms with E-state index in [0.29, 0.717) is 24.5 Å². The van der Waals surface area contributed by atoms with E-state index >= 15 is 0 Å². The predicted molar refractivity (Wildman–Crippen MR) is 97.3 cm³/mol. The molecule has 0 spiro atoms. The fourth-order valence-electron chi connectivity index (χ4n) is 2.88. The maximum atomic E-state index is 12.8. The molecule has 0 aliphatic carbocycles. The first-order valence-corrected chi connectivity index (χ1v) is 8.33. The fraction of sp³-hybridized carbons (Fsp3) is 0.421. The summed E-state index contributed by atoms with van der Waals surface area (Å²) >= 11 is 0. The molecule has 0 bridgehead atoms. The van der Waals surface area contributed by atoms with Gasteiger partial charge in [-0.3, -0.25) is 9.59 Å². The maximum Gasteiger partial charge on any atom is 0.330 e. The fourth-order valence-corrected chi connectivity index (χ4v) is 2.88. The molecule has 25 heavy (non-hydrogen) atoms. The highest BCUT2D eigenvalue weighted by Gasteiger charge is 2.45. The van der Waals surface area contributed by atoms with Crippen molar-refractivity contribution in [2.75, 3.05) is 30.0 Å². The number of nitrogens with zero attached hydrogens (tertiary/aromatic N) is 2. The Hall–Kier alpha value is -2.63. The summed E-state index contributed by atoms with van der Waals surface area (Å²) in [7, 11) is 1.66. The number of hydrogen-bond donors (Lipinski definition) is 0. The average molecular weight is 344 g/mol. The molecule has 134 valence electrons. The summed E-state index contributed by atoms with van der Waals surface area (Å²) in [4.78, 5) is 40.1. The largest absolute Gasteiger partial charge is 0.463 e. The minimum absolute atomic E-state index is 0.222. The summed E-state index contributed by atoms with van der Waals surface area (Å²) in [5, 5.41) is 0. The van der Waals surface area contributed by atoms with Crippen molar-refractivity contribution in [1.82, 2.24) is 0 Å². The molecule has 1 heterocycles. The lowest BCUT2D eigenvalue weighted by Crippen LogP contribution is -2.47. The van der Waals surface area contributed by atoms with Crippen LogP contribution in [0.1, 0.15) is 33.3 Å². The Bertz CT molecular complexity index is 737. The van der Waals surface area contributed by atoms with Gasteiger partial charge in [-0.25, -0.2) is 4.79 Å². The number of esters is 1. The third-order valence-electron chi connectivity index (χ3n) is 4.29. The van der Waals surface area contributed by atoms with Gasteiger partial charge in [0.25, 0.3) is 0 Å². The van der Waals surface area contributed by atoms with Crippen LogP contribution in [0.5, 0.6) is 0 Å². The number of rotatable bonds is 4. The molecule has 0 fully saturated rings. The number of carbonyl (C=O) groups excluding carboxylic acids is 3. The number of fused-ring (bicyclic) bond motifs is 1. The highest BCUT2D eigenvalue weighted by atomic mass is 16.5. The molecule has 0 atom stereocenters. The third-order valence-corrected chi connectivity index (χ3v) is 4.29. The number of anilines is 2. The lowest BCUT2D eigenvalue weighted by molar-refractivity contribution is -0.138. The molecule has 1 aliphatic rings. The first-order valence-electron chi connectivity index (χ1n) is 8.33. The van der Waals surface area contributed by atoms with Gasteiger partial charge in [-0.05, 0) is 51.5 Å². The number of amides is 2. The molecule has 0 saturated heterocycles. The van der Waals surface area contributed by atoms with Crippen LogP contribution in [0.15, 0.2) is 24.3 Å². The van der Waals surface area contributed by atoms with Crippen molar-refractivity contribution in [3.63, 3.8) is 0 Å². The molecule has 6 heteroatoms. The molecule has 6 nitrogen and oxygen atoms in total. The third kappa shape index (κ3) is 3.43. The Labute approximate surface area is 148 Å². The van der Waals surface area contributed by atoms with E-state index in [4.69, 9.17) is 4.74 Å². The van der Waals surface area contributed by atoms with Crippen molar-refractivity contribution in [3.8, 4) is 0 Å². The van der Waals surface area contributed by atoms with Crippen molar-refractivity contribution in [1.29, 1.82) is 0 Å². The summed E-state index contributed by atoms with van der Waals surface area (Å²) in [6.45, 7) is 7.69. The summed E-state index contributed by atoms with van der Waals surface area (Å²) < 4.78 is 4.87. The molecule has 1 aromatic carbocycles. The summed E-state index contributed by atoms with van der Waals surface area (Å²) in [6.07, 6.45) is 2.97. The average Bonchev–Trinajstić information content (AvgIpc) is 2.63. The zero-order valence-electron chi connectivity index (χ0n) is 15.3. The van der Waals surface area contributed by atoms with Gasteiger partial charge in [-0.15, -0.1) is 0 Å². The standard InChI is InChI=1S/C19H24N2O4/c1-6-21-14-10-8-13(9-11-16(22)25-7-2)12-15(14)20(5)17(23)19(3,4)18(21)24/h8-12H,6-7H2,1-5H3. The molecular weight excluding hydrogens is 320 g/mol. The summed E-state index contributed by atoms with van der Waals surface area (Å²) in [6, 6.07) is 5.40. The summed E-state index contributed by atoms with van der Waals surface area (Å²) in [5.41, 5.74) is 0.929. The second kappa shape index (κ2) is 7.09. The van der Waals surface area contributed by atoms with Crippen molar-refractivity contribution >= 4 is 35.2 Å². The second-order valence-corrected chi connectivity index (χ2v) is 6.37. The van der Waals surface area contributed by atoms with E-state index in [1.165, 1.54) is 11.0 Å². The van der Waals surface area contributed by atoms with Gasteiger partial charge in [0.15, 0.2) is 0 Å². The highest BCUT2D eigenvalue weighted by molar-refractivity contribution is 6.20. The molecule has 0 N–H and O–H groups in total. The Kier molecular flexibility index (Phi) is 5.30. The van der Waals surface area contributed by atoms with Crippen molar-refractivity contribution < 1.29 is 19.1 Å². The summed E-state index contributed by atoms with van der Waals surface area (Å²) in [5.74, 6) is -0.907. The van der Waals surface area contributed by atoms with E-state index in [9.17, 15) is 14.4 Å². The van der Waals surface area contributed by atoms with Crippen LogP contribution >= 0.6 is 0 Å². The van der Waals surface area contributed by atoms with Crippen LogP contribution < -0.4 is 9.80 Å². The smallest absolute Gasteiger partial charge is 0.330 e. The molecule has 0 unspecified atom stereocenters. The quantitative estimate of drug-likeness (QED) is 0.478. The Morgan fingerprint density at radius 2 is 1.84 bits per heavy atom.